The molecule has 1 unspecified atom stereocenters. The van der Waals surface area contributed by atoms with Gasteiger partial charge in [0.05, 0.1) is 11.0 Å². The molecule has 3 aromatic rings. The van der Waals surface area contributed by atoms with Gasteiger partial charge in [-0.25, -0.2) is 0 Å². The van der Waals surface area contributed by atoms with Gasteiger partial charge in [-0.05, 0) is 41.1 Å². The molecule has 0 saturated carbocycles. The van der Waals surface area contributed by atoms with Crippen molar-refractivity contribution in [2.75, 3.05) is 25.5 Å². The minimum Gasteiger partial charge on any atom is -0.372 e. The zero-order valence-corrected chi connectivity index (χ0v) is 17.1. The Morgan fingerprint density at radius 2 is 1.93 bits per heavy atom. The summed E-state index contributed by atoms with van der Waals surface area (Å²) < 4.78 is 0. The van der Waals surface area contributed by atoms with Gasteiger partial charge in [-0.3, -0.25) is 14.9 Å². The molecule has 7 heteroatoms. The van der Waals surface area contributed by atoms with E-state index in [0.717, 1.165) is 17.5 Å². The molecule has 148 valence electrons. The van der Waals surface area contributed by atoms with Crippen LogP contribution in [0.15, 0.2) is 60.0 Å². The van der Waals surface area contributed by atoms with Crippen LogP contribution in [0.4, 0.5) is 11.4 Å². The zero-order valence-electron chi connectivity index (χ0n) is 16.2. The number of rotatable bonds is 4. The summed E-state index contributed by atoms with van der Waals surface area (Å²) in [4.78, 5) is 29.4. The van der Waals surface area contributed by atoms with E-state index in [1.165, 1.54) is 10.9 Å². The maximum absolute atomic E-state index is 13.5. The SMILES string of the molecule is CN(C)c1ccc(C(=O)N2CCc3sccc3C2c2ccccc2)cc1[N+](=O)[O-]. The lowest BCUT2D eigenvalue weighted by molar-refractivity contribution is -0.384. The van der Waals surface area contributed by atoms with Crippen LogP contribution in [0, 0.1) is 10.1 Å². The lowest BCUT2D eigenvalue weighted by Gasteiger charge is -2.36. The van der Waals surface area contributed by atoms with Crippen LogP contribution in [0.3, 0.4) is 0 Å². The third-order valence-corrected chi connectivity index (χ3v) is 6.24. The molecule has 2 aromatic carbocycles. The lowest BCUT2D eigenvalue weighted by atomic mass is 9.92. The highest BCUT2D eigenvalue weighted by Gasteiger charge is 2.34. The Balaban J connectivity index is 1.76. The first kappa shape index (κ1) is 19.1. The van der Waals surface area contributed by atoms with Crippen LogP contribution in [0.1, 0.15) is 32.4 Å². The van der Waals surface area contributed by atoms with Crippen molar-refractivity contribution in [2.24, 2.45) is 0 Å². The molecule has 0 radical (unpaired) electrons. The molecule has 1 aliphatic heterocycles. The number of nitrogens with zero attached hydrogens (tertiary/aromatic N) is 3. The fourth-order valence-electron chi connectivity index (χ4n) is 3.88. The van der Waals surface area contributed by atoms with Crippen LogP contribution in [0.5, 0.6) is 0 Å². The molecule has 2 heterocycles. The van der Waals surface area contributed by atoms with Gasteiger partial charge in [0.1, 0.15) is 5.69 Å². The van der Waals surface area contributed by atoms with Crippen LogP contribution in [0.25, 0.3) is 0 Å². The summed E-state index contributed by atoms with van der Waals surface area (Å²) in [5.41, 5.74) is 2.93. The predicted octanol–water partition coefficient (Wildman–Crippen LogP) is 4.51. The second-order valence-corrected chi connectivity index (χ2v) is 8.22. The van der Waals surface area contributed by atoms with E-state index in [0.29, 0.717) is 17.8 Å². The molecule has 0 bridgehead atoms. The number of fused-ring (bicyclic) bond motifs is 1. The van der Waals surface area contributed by atoms with Crippen molar-refractivity contribution in [1.82, 2.24) is 4.90 Å². The normalized spacial score (nSPS) is 15.7. The molecular weight excluding hydrogens is 386 g/mol. The number of carbonyl (C=O) groups is 1. The van der Waals surface area contributed by atoms with Crippen LogP contribution in [-0.2, 0) is 6.42 Å². The predicted molar refractivity (Wildman–Crippen MR) is 115 cm³/mol. The Labute approximate surface area is 173 Å². The Bertz CT molecular complexity index is 1060. The summed E-state index contributed by atoms with van der Waals surface area (Å²) in [6.07, 6.45) is 0.792. The largest absolute Gasteiger partial charge is 0.372 e. The first-order chi connectivity index (χ1) is 14.0. The highest BCUT2D eigenvalue weighted by molar-refractivity contribution is 7.10. The van der Waals surface area contributed by atoms with E-state index in [9.17, 15) is 14.9 Å². The highest BCUT2D eigenvalue weighted by atomic mass is 32.1. The van der Waals surface area contributed by atoms with Crippen molar-refractivity contribution in [1.29, 1.82) is 0 Å². The quantitative estimate of drug-likeness (QED) is 0.471. The molecule has 4 rings (SSSR count). The molecule has 0 spiro atoms. The average Bonchev–Trinajstić information content (AvgIpc) is 3.21. The van der Waals surface area contributed by atoms with Gasteiger partial charge < -0.3 is 9.80 Å². The van der Waals surface area contributed by atoms with Crippen LogP contribution < -0.4 is 4.90 Å². The standard InChI is InChI=1S/C22H21N3O3S/c1-23(2)18-9-8-16(14-19(18)25(27)28)22(26)24-12-10-20-17(11-13-29-20)21(24)15-6-4-3-5-7-15/h3-9,11,13-14,21H,10,12H2,1-2H3. The Kier molecular flexibility index (Phi) is 5.07. The summed E-state index contributed by atoms with van der Waals surface area (Å²) >= 11 is 1.71. The van der Waals surface area contributed by atoms with Crippen molar-refractivity contribution in [3.8, 4) is 0 Å². The number of amides is 1. The lowest BCUT2D eigenvalue weighted by Crippen LogP contribution is -2.40. The second kappa shape index (κ2) is 7.67. The van der Waals surface area contributed by atoms with E-state index in [1.54, 1.807) is 42.5 Å². The highest BCUT2D eigenvalue weighted by Crippen LogP contribution is 2.39. The van der Waals surface area contributed by atoms with Crippen molar-refractivity contribution in [3.05, 3.63) is 91.7 Å². The molecule has 1 aliphatic rings. The molecule has 0 saturated heterocycles. The number of carbonyl (C=O) groups excluding carboxylic acids is 1. The first-order valence-corrected chi connectivity index (χ1v) is 10.2. The smallest absolute Gasteiger partial charge is 0.293 e. The van der Waals surface area contributed by atoms with Crippen molar-refractivity contribution in [3.63, 3.8) is 0 Å². The van der Waals surface area contributed by atoms with Gasteiger partial charge in [0.25, 0.3) is 11.6 Å². The number of benzene rings is 2. The number of anilines is 1. The van der Waals surface area contributed by atoms with E-state index < -0.39 is 4.92 Å². The molecular formula is C22H21N3O3S. The van der Waals surface area contributed by atoms with Gasteiger partial charge in [-0.15, -0.1) is 11.3 Å². The van der Waals surface area contributed by atoms with Crippen molar-refractivity contribution >= 4 is 28.6 Å². The van der Waals surface area contributed by atoms with Crippen molar-refractivity contribution < 1.29 is 9.72 Å². The van der Waals surface area contributed by atoms with Gasteiger partial charge in [-0.1, -0.05) is 30.3 Å². The summed E-state index contributed by atoms with van der Waals surface area (Å²) in [6, 6.07) is 16.5. The van der Waals surface area contributed by atoms with Crippen LogP contribution >= 0.6 is 11.3 Å². The summed E-state index contributed by atoms with van der Waals surface area (Å²) in [7, 11) is 3.50. The Morgan fingerprint density at radius 1 is 1.17 bits per heavy atom. The zero-order chi connectivity index (χ0) is 20.5. The van der Waals surface area contributed by atoms with E-state index in [-0.39, 0.29) is 17.6 Å². The molecule has 1 atom stereocenters. The maximum atomic E-state index is 13.5. The van der Waals surface area contributed by atoms with Crippen LogP contribution in [0.2, 0.25) is 0 Å². The fraction of sp³-hybridized carbons (Fsp3) is 0.227. The van der Waals surface area contributed by atoms with Gasteiger partial charge in [0.2, 0.25) is 0 Å². The van der Waals surface area contributed by atoms with Gasteiger partial charge in [-0.2, -0.15) is 0 Å². The second-order valence-electron chi connectivity index (χ2n) is 7.22. The first-order valence-electron chi connectivity index (χ1n) is 9.35. The molecule has 1 amide bonds. The number of hydrogen-bond acceptors (Lipinski definition) is 5. The summed E-state index contributed by atoms with van der Waals surface area (Å²) in [5, 5.41) is 13.6. The van der Waals surface area contributed by atoms with E-state index in [2.05, 4.69) is 11.4 Å². The number of nitro benzene ring substituents is 1. The summed E-state index contributed by atoms with van der Waals surface area (Å²) in [6.45, 7) is 0.579. The fourth-order valence-corrected chi connectivity index (χ4v) is 4.78. The third kappa shape index (κ3) is 3.49. The molecule has 0 N–H and O–H groups in total. The van der Waals surface area contributed by atoms with Gasteiger partial charge in [0.15, 0.2) is 0 Å². The Hall–Kier alpha value is -3.19. The molecule has 0 aliphatic carbocycles. The Morgan fingerprint density at radius 3 is 2.62 bits per heavy atom. The monoisotopic (exact) mass is 407 g/mol. The third-order valence-electron chi connectivity index (χ3n) is 5.24. The number of thiophene rings is 1. The van der Waals surface area contributed by atoms with Crippen LogP contribution in [-0.4, -0.2) is 36.4 Å². The topological polar surface area (TPSA) is 66.7 Å². The maximum Gasteiger partial charge on any atom is 0.293 e. The van der Waals surface area contributed by atoms with E-state index in [1.807, 2.05) is 35.2 Å². The van der Waals surface area contributed by atoms with Crippen molar-refractivity contribution in [2.45, 2.75) is 12.5 Å². The van der Waals surface area contributed by atoms with E-state index in [4.69, 9.17) is 0 Å². The van der Waals surface area contributed by atoms with Gasteiger partial charge in [0, 0.05) is 37.1 Å². The number of hydrogen-bond donors (Lipinski definition) is 0. The molecule has 0 fully saturated rings. The summed E-state index contributed by atoms with van der Waals surface area (Å²) in [5.74, 6) is -0.191. The molecule has 6 nitrogen and oxygen atoms in total. The minimum atomic E-state index is -0.437. The van der Waals surface area contributed by atoms with Gasteiger partial charge >= 0.3 is 0 Å². The minimum absolute atomic E-state index is 0.0645. The van der Waals surface area contributed by atoms with E-state index >= 15 is 0 Å². The number of nitro groups is 1. The molecule has 1 aromatic heterocycles. The molecule has 29 heavy (non-hydrogen) atoms. The average molecular weight is 407 g/mol.